The zero-order valence-corrected chi connectivity index (χ0v) is 10.5. The lowest BCUT2D eigenvalue weighted by molar-refractivity contribution is -0.140. The second-order valence-corrected chi connectivity index (χ2v) is 4.21. The maximum atomic E-state index is 10.8. The predicted molar refractivity (Wildman–Crippen MR) is 63.6 cm³/mol. The van der Waals surface area contributed by atoms with Gasteiger partial charge in [-0.3, -0.25) is 4.79 Å². The Balaban J connectivity index is 1.98. The van der Waals surface area contributed by atoms with Crippen LogP contribution in [0.1, 0.15) is 31.5 Å². The van der Waals surface area contributed by atoms with E-state index in [0.29, 0.717) is 6.42 Å². The molecule has 0 aliphatic carbocycles. The van der Waals surface area contributed by atoms with E-state index in [-0.39, 0.29) is 5.97 Å². The lowest BCUT2D eigenvalue weighted by Crippen LogP contribution is -2.03. The van der Waals surface area contributed by atoms with Crippen molar-refractivity contribution in [1.82, 2.24) is 9.36 Å². The van der Waals surface area contributed by atoms with Crippen molar-refractivity contribution >= 4 is 22.6 Å². The molecule has 0 spiro atoms. The molecule has 90 valence electrons. The minimum Gasteiger partial charge on any atom is -0.469 e. The van der Waals surface area contributed by atoms with Gasteiger partial charge >= 0.3 is 5.97 Å². The average Bonchev–Trinajstić information content (AvgIpc) is 2.69. The van der Waals surface area contributed by atoms with Crippen LogP contribution >= 0.6 is 11.5 Å². The summed E-state index contributed by atoms with van der Waals surface area (Å²) in [5.74, 6) is 0.672. The summed E-state index contributed by atoms with van der Waals surface area (Å²) >= 11 is 1.38. The van der Waals surface area contributed by atoms with Gasteiger partial charge in [-0.2, -0.15) is 4.37 Å². The molecule has 5 nitrogen and oxygen atoms in total. The van der Waals surface area contributed by atoms with Crippen molar-refractivity contribution in [3.8, 4) is 0 Å². The highest BCUT2D eigenvalue weighted by Crippen LogP contribution is 2.10. The van der Waals surface area contributed by atoms with E-state index in [1.54, 1.807) is 0 Å². The molecule has 0 saturated heterocycles. The molecular weight excluding hydrogens is 226 g/mol. The van der Waals surface area contributed by atoms with E-state index in [1.807, 2.05) is 6.92 Å². The summed E-state index contributed by atoms with van der Waals surface area (Å²) in [6.45, 7) is 2.74. The summed E-state index contributed by atoms with van der Waals surface area (Å²) < 4.78 is 8.63. The van der Waals surface area contributed by atoms with Gasteiger partial charge in [0.05, 0.1) is 7.11 Å². The van der Waals surface area contributed by atoms with E-state index in [4.69, 9.17) is 0 Å². The molecule has 16 heavy (non-hydrogen) atoms. The third-order valence-electron chi connectivity index (χ3n) is 2.09. The van der Waals surface area contributed by atoms with Gasteiger partial charge < -0.3 is 10.1 Å². The number of hydrogen-bond acceptors (Lipinski definition) is 6. The van der Waals surface area contributed by atoms with E-state index in [9.17, 15) is 4.79 Å². The molecule has 1 rings (SSSR count). The summed E-state index contributed by atoms with van der Waals surface area (Å²) in [6, 6.07) is 0. The molecule has 0 radical (unpaired) electrons. The molecule has 1 aromatic rings. The number of hydrogen-bond donors (Lipinski definition) is 1. The molecule has 0 saturated carbocycles. The Labute approximate surface area is 99.4 Å². The summed E-state index contributed by atoms with van der Waals surface area (Å²) in [5.41, 5.74) is 0. The van der Waals surface area contributed by atoms with Crippen LogP contribution < -0.4 is 5.32 Å². The van der Waals surface area contributed by atoms with Gasteiger partial charge in [-0.05, 0) is 19.8 Å². The number of ether oxygens (including phenoxy) is 1. The van der Waals surface area contributed by atoms with Crippen molar-refractivity contribution in [2.24, 2.45) is 0 Å². The Morgan fingerprint density at radius 1 is 1.44 bits per heavy atom. The Bertz CT molecular complexity index is 328. The first-order valence-electron chi connectivity index (χ1n) is 5.33. The van der Waals surface area contributed by atoms with E-state index in [1.165, 1.54) is 18.6 Å². The number of methoxy groups -OCH3 is 1. The van der Waals surface area contributed by atoms with Crippen LogP contribution in [0, 0.1) is 6.92 Å². The number of rotatable bonds is 7. The Morgan fingerprint density at radius 2 is 2.25 bits per heavy atom. The highest BCUT2D eigenvalue weighted by molar-refractivity contribution is 7.09. The minimum atomic E-state index is -0.132. The van der Waals surface area contributed by atoms with E-state index < -0.39 is 0 Å². The number of unbranched alkanes of at least 4 members (excludes halogenated alkanes) is 2. The van der Waals surface area contributed by atoms with Gasteiger partial charge in [-0.1, -0.05) is 6.42 Å². The van der Waals surface area contributed by atoms with Crippen LogP contribution in [0.5, 0.6) is 0 Å². The lowest BCUT2D eigenvalue weighted by Gasteiger charge is -2.01. The van der Waals surface area contributed by atoms with Gasteiger partial charge in [-0.15, -0.1) is 0 Å². The zero-order valence-electron chi connectivity index (χ0n) is 9.65. The lowest BCUT2D eigenvalue weighted by atomic mass is 10.2. The number of anilines is 1. The van der Waals surface area contributed by atoms with E-state index in [0.717, 1.165) is 36.8 Å². The minimum absolute atomic E-state index is 0.132. The Hall–Kier alpha value is -1.17. The molecule has 0 fully saturated rings. The average molecular weight is 243 g/mol. The number of carbonyl (C=O) groups excluding carboxylic acids is 1. The van der Waals surface area contributed by atoms with E-state index in [2.05, 4.69) is 19.4 Å². The first-order chi connectivity index (χ1) is 7.72. The van der Waals surface area contributed by atoms with Crippen LogP contribution in [0.3, 0.4) is 0 Å². The molecule has 0 amide bonds. The fourth-order valence-electron chi connectivity index (χ4n) is 1.24. The smallest absolute Gasteiger partial charge is 0.305 e. The number of esters is 1. The quantitative estimate of drug-likeness (QED) is 0.586. The van der Waals surface area contributed by atoms with Crippen LogP contribution in [0.2, 0.25) is 0 Å². The van der Waals surface area contributed by atoms with Gasteiger partial charge in [0.1, 0.15) is 5.82 Å². The Kier molecular flexibility index (Phi) is 5.77. The summed E-state index contributed by atoms with van der Waals surface area (Å²) in [5, 5.41) is 4.06. The predicted octanol–water partition coefficient (Wildman–Crippen LogP) is 1.99. The first-order valence-corrected chi connectivity index (χ1v) is 6.10. The molecule has 0 aliphatic heterocycles. The van der Waals surface area contributed by atoms with Crippen molar-refractivity contribution in [1.29, 1.82) is 0 Å². The second kappa shape index (κ2) is 7.16. The van der Waals surface area contributed by atoms with Crippen LogP contribution in [0.4, 0.5) is 5.13 Å². The third-order valence-corrected chi connectivity index (χ3v) is 2.85. The molecular formula is C10H17N3O2S. The maximum absolute atomic E-state index is 10.8. The normalized spacial score (nSPS) is 10.1. The van der Waals surface area contributed by atoms with Gasteiger partial charge in [0.25, 0.3) is 0 Å². The summed E-state index contributed by atoms with van der Waals surface area (Å²) in [7, 11) is 1.42. The zero-order chi connectivity index (χ0) is 11.8. The SMILES string of the molecule is COC(=O)CCCCCNc1nc(C)ns1. The largest absolute Gasteiger partial charge is 0.469 e. The topological polar surface area (TPSA) is 64.1 Å². The highest BCUT2D eigenvalue weighted by atomic mass is 32.1. The van der Waals surface area contributed by atoms with Crippen LogP contribution in [-0.2, 0) is 9.53 Å². The number of aromatic nitrogens is 2. The number of nitrogens with zero attached hydrogens (tertiary/aromatic N) is 2. The third kappa shape index (κ3) is 5.06. The van der Waals surface area contributed by atoms with Gasteiger partial charge in [0.2, 0.25) is 5.13 Å². The number of nitrogens with one attached hydrogen (secondary N) is 1. The molecule has 0 bridgehead atoms. The molecule has 1 aromatic heterocycles. The van der Waals surface area contributed by atoms with Crippen molar-refractivity contribution in [3.63, 3.8) is 0 Å². The standard InChI is InChI=1S/C10H17N3O2S/c1-8-12-10(16-13-8)11-7-5-3-4-6-9(14)15-2/h3-7H2,1-2H3,(H,11,12,13). The van der Waals surface area contributed by atoms with Crippen molar-refractivity contribution in [2.45, 2.75) is 32.6 Å². The van der Waals surface area contributed by atoms with Crippen molar-refractivity contribution < 1.29 is 9.53 Å². The molecule has 0 unspecified atom stereocenters. The number of aryl methyl sites for hydroxylation is 1. The fourth-order valence-corrected chi connectivity index (χ4v) is 1.84. The van der Waals surface area contributed by atoms with Crippen molar-refractivity contribution in [3.05, 3.63) is 5.82 Å². The summed E-state index contributed by atoms with van der Waals surface area (Å²) in [4.78, 5) is 15.0. The molecule has 6 heteroatoms. The Morgan fingerprint density at radius 3 is 2.88 bits per heavy atom. The van der Waals surface area contributed by atoms with Crippen LogP contribution in [0.25, 0.3) is 0 Å². The molecule has 0 aromatic carbocycles. The van der Waals surface area contributed by atoms with Gasteiger partial charge in [0.15, 0.2) is 0 Å². The highest BCUT2D eigenvalue weighted by Gasteiger charge is 2.00. The fraction of sp³-hybridized carbons (Fsp3) is 0.700. The first kappa shape index (κ1) is 12.9. The number of carbonyl (C=O) groups is 1. The van der Waals surface area contributed by atoms with Crippen LogP contribution in [-0.4, -0.2) is 29.0 Å². The second-order valence-electron chi connectivity index (χ2n) is 3.46. The molecule has 1 N–H and O–H groups in total. The molecule has 0 atom stereocenters. The monoisotopic (exact) mass is 243 g/mol. The van der Waals surface area contributed by atoms with Crippen molar-refractivity contribution in [2.75, 3.05) is 19.0 Å². The van der Waals surface area contributed by atoms with Gasteiger partial charge in [-0.25, -0.2) is 4.98 Å². The van der Waals surface area contributed by atoms with Crippen LogP contribution in [0.15, 0.2) is 0 Å². The molecule has 0 aliphatic rings. The molecule has 1 heterocycles. The van der Waals surface area contributed by atoms with E-state index >= 15 is 0 Å². The van der Waals surface area contributed by atoms with Gasteiger partial charge in [0, 0.05) is 24.5 Å². The summed E-state index contributed by atoms with van der Waals surface area (Å²) in [6.07, 6.45) is 3.42. The maximum Gasteiger partial charge on any atom is 0.305 e.